The largest absolute Gasteiger partial charge is 0.502 e. The number of esters is 1. The van der Waals surface area contributed by atoms with Crippen LogP contribution in [0, 0.1) is 13.8 Å². The van der Waals surface area contributed by atoms with Crippen molar-refractivity contribution in [1.82, 2.24) is 0 Å². The Bertz CT molecular complexity index is 750. The standard InChI is InChI=1S/C11H21BO3.C10H12O2.C4H7F/c1-7-9(13-6)8-12-14-10(2,3)11(4,5)15-12;1-7-4-5-9(6-8(7)2)10(11)12-3;1-2-3-4-5/h8H,7H2,1-6H3;4-6H,1-3H3;2-3H,4H2,1H3/b9-8-;;3-2-. The Morgan fingerprint density at radius 3 is 1.97 bits per heavy atom. The summed E-state index contributed by atoms with van der Waals surface area (Å²) in [6, 6.07) is 5.52. The lowest BCUT2D eigenvalue weighted by Gasteiger charge is -2.32. The molecule has 0 radical (unpaired) electrons. The molecule has 1 aliphatic heterocycles. The van der Waals surface area contributed by atoms with Crippen LogP contribution in [0.4, 0.5) is 4.39 Å². The van der Waals surface area contributed by atoms with Gasteiger partial charge in [-0.1, -0.05) is 25.1 Å². The van der Waals surface area contributed by atoms with Gasteiger partial charge in [0.15, 0.2) is 0 Å². The van der Waals surface area contributed by atoms with Crippen LogP contribution in [0.1, 0.15) is 69.4 Å². The first kappa shape index (κ1) is 29.9. The fourth-order valence-corrected chi connectivity index (χ4v) is 2.51. The van der Waals surface area contributed by atoms with Gasteiger partial charge in [-0.05, 0) is 77.7 Å². The molecule has 1 aromatic carbocycles. The number of allylic oxidation sites excluding steroid dienone is 3. The first-order valence-electron chi connectivity index (χ1n) is 10.8. The van der Waals surface area contributed by atoms with E-state index < -0.39 is 0 Å². The van der Waals surface area contributed by atoms with Gasteiger partial charge < -0.3 is 18.8 Å². The van der Waals surface area contributed by atoms with Crippen molar-refractivity contribution in [2.75, 3.05) is 20.9 Å². The van der Waals surface area contributed by atoms with Crippen molar-refractivity contribution in [3.05, 3.63) is 58.8 Å². The molecule has 1 fully saturated rings. The first-order valence-corrected chi connectivity index (χ1v) is 10.8. The summed E-state index contributed by atoms with van der Waals surface area (Å²) in [6.45, 7) is 15.6. The molecule has 1 heterocycles. The summed E-state index contributed by atoms with van der Waals surface area (Å²) < 4.78 is 32.3. The van der Waals surface area contributed by atoms with Crippen molar-refractivity contribution in [2.24, 2.45) is 0 Å². The molecule has 0 amide bonds. The number of benzene rings is 1. The summed E-state index contributed by atoms with van der Waals surface area (Å²) in [7, 11) is 2.75. The van der Waals surface area contributed by atoms with Gasteiger partial charge in [-0.15, -0.1) is 0 Å². The maximum atomic E-state index is 11.1. The van der Waals surface area contributed by atoms with Crippen molar-refractivity contribution >= 4 is 13.1 Å². The van der Waals surface area contributed by atoms with E-state index in [1.54, 1.807) is 26.2 Å². The van der Waals surface area contributed by atoms with Gasteiger partial charge in [-0.3, -0.25) is 0 Å². The van der Waals surface area contributed by atoms with Crippen molar-refractivity contribution in [3.8, 4) is 0 Å². The van der Waals surface area contributed by atoms with Crippen LogP contribution in [0.2, 0.25) is 0 Å². The molecule has 0 atom stereocenters. The average Bonchev–Trinajstić information content (AvgIpc) is 2.95. The van der Waals surface area contributed by atoms with Crippen LogP contribution in [0.25, 0.3) is 0 Å². The van der Waals surface area contributed by atoms with Crippen molar-refractivity contribution in [1.29, 1.82) is 0 Å². The molecule has 5 nitrogen and oxygen atoms in total. The van der Waals surface area contributed by atoms with Crippen LogP contribution < -0.4 is 0 Å². The molecular weight excluding hydrogens is 410 g/mol. The minimum absolute atomic E-state index is 0.277. The van der Waals surface area contributed by atoms with Crippen LogP contribution in [-0.4, -0.2) is 45.2 Å². The smallest absolute Gasteiger partial charge is 0.490 e. The van der Waals surface area contributed by atoms with Gasteiger partial charge in [0.1, 0.15) is 6.67 Å². The van der Waals surface area contributed by atoms with Crippen molar-refractivity contribution in [3.63, 3.8) is 0 Å². The molecule has 7 heteroatoms. The third-order valence-corrected chi connectivity index (χ3v) is 5.46. The minimum Gasteiger partial charge on any atom is -0.502 e. The van der Waals surface area contributed by atoms with E-state index in [0.29, 0.717) is 5.56 Å². The third kappa shape index (κ3) is 9.57. The SMILES string of the molecule is C/C=C\CF.CC/C(=C/B1OC(C)(C)C(C)(C)O1)OC.COC(=O)c1ccc(C)c(C)c1. The lowest BCUT2D eigenvalue weighted by atomic mass is 9.89. The van der Waals surface area contributed by atoms with Crippen LogP contribution in [0.15, 0.2) is 42.1 Å². The summed E-state index contributed by atoms with van der Waals surface area (Å²) in [4.78, 5) is 11.1. The number of aryl methyl sites for hydroxylation is 2. The van der Waals surface area contributed by atoms with Crippen LogP contribution in [-0.2, 0) is 18.8 Å². The third-order valence-electron chi connectivity index (χ3n) is 5.46. The van der Waals surface area contributed by atoms with E-state index in [4.69, 9.17) is 14.0 Å². The number of carbonyl (C=O) groups is 1. The highest BCUT2D eigenvalue weighted by Crippen LogP contribution is 2.37. The number of rotatable bonds is 5. The molecule has 0 saturated carbocycles. The van der Waals surface area contributed by atoms with E-state index in [9.17, 15) is 9.18 Å². The number of methoxy groups -OCH3 is 2. The van der Waals surface area contributed by atoms with Gasteiger partial charge in [0, 0.05) is 6.42 Å². The average molecular weight is 450 g/mol. The molecule has 180 valence electrons. The number of alkyl halides is 1. The molecule has 0 spiro atoms. The summed E-state index contributed by atoms with van der Waals surface area (Å²) in [6.07, 6.45) is 3.99. The Balaban J connectivity index is 0.000000505. The van der Waals surface area contributed by atoms with Crippen LogP contribution in [0.5, 0.6) is 0 Å². The van der Waals surface area contributed by atoms with Crippen LogP contribution in [0.3, 0.4) is 0 Å². The van der Waals surface area contributed by atoms with E-state index in [2.05, 4.69) is 4.74 Å². The molecule has 0 aliphatic carbocycles. The highest BCUT2D eigenvalue weighted by Gasteiger charge is 2.50. The fraction of sp³-hybridized carbons (Fsp3) is 0.560. The molecule has 0 aromatic heterocycles. The van der Waals surface area contributed by atoms with Gasteiger partial charge in [0.25, 0.3) is 0 Å². The summed E-state index contributed by atoms with van der Waals surface area (Å²) in [5.41, 5.74) is 2.35. The summed E-state index contributed by atoms with van der Waals surface area (Å²) in [5, 5.41) is 0. The van der Waals surface area contributed by atoms with Gasteiger partial charge in [-0.25, -0.2) is 9.18 Å². The number of halogens is 1. The minimum atomic E-state index is -0.337. The predicted molar refractivity (Wildman–Crippen MR) is 130 cm³/mol. The predicted octanol–water partition coefficient (Wildman–Crippen LogP) is 6.18. The van der Waals surface area contributed by atoms with E-state index in [0.717, 1.165) is 17.7 Å². The Kier molecular flexibility index (Phi) is 13.2. The molecule has 2 rings (SSSR count). The topological polar surface area (TPSA) is 54.0 Å². The maximum Gasteiger partial charge on any atom is 0.490 e. The highest BCUT2D eigenvalue weighted by atomic mass is 19.1. The van der Waals surface area contributed by atoms with Crippen LogP contribution >= 0.6 is 0 Å². The number of carbonyl (C=O) groups excluding carboxylic acids is 1. The molecule has 1 aromatic rings. The molecule has 0 bridgehead atoms. The lowest BCUT2D eigenvalue weighted by Crippen LogP contribution is -2.41. The van der Waals surface area contributed by atoms with Crippen molar-refractivity contribution in [2.45, 2.75) is 73.0 Å². The van der Waals surface area contributed by atoms with E-state index >= 15 is 0 Å². The van der Waals surface area contributed by atoms with Gasteiger partial charge in [0.2, 0.25) is 0 Å². The molecule has 0 unspecified atom stereocenters. The number of hydrogen-bond acceptors (Lipinski definition) is 5. The van der Waals surface area contributed by atoms with Gasteiger partial charge >= 0.3 is 13.1 Å². The second-order valence-electron chi connectivity index (χ2n) is 8.33. The normalized spacial score (nSPS) is 16.6. The fourth-order valence-electron chi connectivity index (χ4n) is 2.51. The summed E-state index contributed by atoms with van der Waals surface area (Å²) >= 11 is 0. The highest BCUT2D eigenvalue weighted by molar-refractivity contribution is 6.51. The molecule has 0 N–H and O–H groups in total. The Hall–Kier alpha value is -2.12. The molecular formula is C25H40BFO5. The number of hydrogen-bond donors (Lipinski definition) is 0. The lowest BCUT2D eigenvalue weighted by molar-refractivity contribution is 0.00578. The Labute approximate surface area is 194 Å². The quantitative estimate of drug-likeness (QED) is 0.232. The second-order valence-corrected chi connectivity index (χ2v) is 8.33. The first-order chi connectivity index (χ1) is 14.9. The summed E-state index contributed by atoms with van der Waals surface area (Å²) in [5.74, 6) is 2.52. The zero-order valence-corrected chi connectivity index (χ0v) is 21.4. The Morgan fingerprint density at radius 2 is 1.62 bits per heavy atom. The second kappa shape index (κ2) is 14.1. The zero-order valence-electron chi connectivity index (χ0n) is 21.4. The monoisotopic (exact) mass is 450 g/mol. The van der Waals surface area contributed by atoms with E-state index in [-0.39, 0.29) is 31.0 Å². The zero-order chi connectivity index (χ0) is 24.9. The molecule has 1 saturated heterocycles. The van der Waals surface area contributed by atoms with Gasteiger partial charge in [-0.2, -0.15) is 0 Å². The van der Waals surface area contributed by atoms with Gasteiger partial charge in [0.05, 0.1) is 36.7 Å². The maximum absolute atomic E-state index is 11.1. The van der Waals surface area contributed by atoms with E-state index in [1.807, 2.05) is 66.6 Å². The van der Waals surface area contributed by atoms with Crippen molar-refractivity contribution < 1.29 is 28.0 Å². The molecule has 32 heavy (non-hydrogen) atoms. The van der Waals surface area contributed by atoms with E-state index in [1.165, 1.54) is 18.7 Å². The number of ether oxygens (including phenoxy) is 2. The molecule has 1 aliphatic rings. The Morgan fingerprint density at radius 1 is 1.06 bits per heavy atom.